The predicted octanol–water partition coefficient (Wildman–Crippen LogP) is 4.77. The van der Waals surface area contributed by atoms with E-state index in [0.717, 1.165) is 31.9 Å². The van der Waals surface area contributed by atoms with Gasteiger partial charge in [0.25, 0.3) is 5.91 Å². The maximum Gasteiger partial charge on any atom is 0.323 e. The van der Waals surface area contributed by atoms with Gasteiger partial charge in [0.2, 0.25) is 0 Å². The number of nitrogens with one attached hydrogen (secondary N) is 3. The lowest BCUT2D eigenvalue weighted by molar-refractivity contribution is 0.102. The number of anilines is 3. The summed E-state index contributed by atoms with van der Waals surface area (Å²) in [6.45, 7) is 6.01. The molecule has 0 unspecified atom stereocenters. The van der Waals surface area contributed by atoms with E-state index in [4.69, 9.17) is 4.74 Å². The molecule has 3 heterocycles. The van der Waals surface area contributed by atoms with E-state index in [0.29, 0.717) is 34.1 Å². The fourth-order valence-corrected chi connectivity index (χ4v) is 4.72. The number of rotatable bonds is 9. The fourth-order valence-electron chi connectivity index (χ4n) is 4.72. The van der Waals surface area contributed by atoms with Gasteiger partial charge in [-0.1, -0.05) is 18.6 Å². The molecule has 4 aromatic rings. The van der Waals surface area contributed by atoms with Gasteiger partial charge in [-0.25, -0.2) is 9.48 Å². The molecule has 0 spiro atoms. The molecule has 11 nitrogen and oxygen atoms in total. The van der Waals surface area contributed by atoms with Crippen LogP contribution in [0.2, 0.25) is 0 Å². The molecule has 0 aliphatic carbocycles. The number of hydrogen-bond donors (Lipinski definition) is 3. The van der Waals surface area contributed by atoms with E-state index in [9.17, 15) is 9.59 Å². The Kier molecular flexibility index (Phi) is 8.41. The summed E-state index contributed by atoms with van der Waals surface area (Å²) in [5, 5.41) is 17.3. The van der Waals surface area contributed by atoms with Gasteiger partial charge in [0.05, 0.1) is 55.0 Å². The van der Waals surface area contributed by atoms with E-state index in [-0.39, 0.29) is 5.91 Å². The van der Waals surface area contributed by atoms with Crippen LogP contribution in [0.25, 0.3) is 5.69 Å². The molecule has 0 bridgehead atoms. The van der Waals surface area contributed by atoms with E-state index in [1.807, 2.05) is 17.7 Å². The molecular formula is C29H34N8O3. The number of nitrogens with zero attached hydrogens (tertiary/aromatic N) is 5. The molecular weight excluding hydrogens is 508 g/mol. The largest absolute Gasteiger partial charge is 0.497 e. The minimum atomic E-state index is -0.409. The van der Waals surface area contributed by atoms with Crippen LogP contribution in [0.3, 0.4) is 0 Å². The fraction of sp³-hybridized carbons (Fsp3) is 0.310. The maximum absolute atomic E-state index is 13.1. The number of benzene rings is 2. The first kappa shape index (κ1) is 26.9. The number of likely N-dealkylation sites (tertiary alicyclic amines) is 1. The van der Waals surface area contributed by atoms with E-state index in [2.05, 4.69) is 31.0 Å². The summed E-state index contributed by atoms with van der Waals surface area (Å²) in [4.78, 5) is 28.0. The number of aromatic nitrogens is 4. The molecule has 0 atom stereocenters. The number of carbonyl (C=O) groups is 2. The number of urea groups is 1. The van der Waals surface area contributed by atoms with Gasteiger partial charge in [0.15, 0.2) is 0 Å². The molecule has 1 saturated heterocycles. The lowest BCUT2D eigenvalue weighted by Gasteiger charge is -2.26. The number of ether oxygens (including phenoxy) is 1. The standard InChI is InChI=1S/C29H34N8O3/c1-21-27(19-31-36(21)15-14-35-12-4-3-5-13-35)34-28(38)22-8-6-10-25(16-22)37-20-24(18-30-37)33-29(39)32-23-9-7-11-26(17-23)40-2/h6-11,16-20H,3-5,12-15H2,1-2H3,(H,34,38)(H2,32,33,39). The zero-order valence-corrected chi connectivity index (χ0v) is 22.8. The van der Waals surface area contributed by atoms with Crippen molar-refractivity contribution in [3.05, 3.63) is 78.4 Å². The highest BCUT2D eigenvalue weighted by Crippen LogP contribution is 2.19. The molecule has 0 saturated carbocycles. The van der Waals surface area contributed by atoms with Gasteiger partial charge in [-0.15, -0.1) is 0 Å². The van der Waals surface area contributed by atoms with Gasteiger partial charge in [0.1, 0.15) is 5.75 Å². The van der Waals surface area contributed by atoms with Gasteiger partial charge in [-0.2, -0.15) is 10.2 Å². The molecule has 3 N–H and O–H groups in total. The zero-order chi connectivity index (χ0) is 27.9. The van der Waals surface area contributed by atoms with Crippen molar-refractivity contribution in [2.75, 3.05) is 42.7 Å². The number of carbonyl (C=O) groups excluding carboxylic acids is 2. The lowest BCUT2D eigenvalue weighted by atomic mass is 10.1. The minimum Gasteiger partial charge on any atom is -0.497 e. The highest BCUT2D eigenvalue weighted by atomic mass is 16.5. The van der Waals surface area contributed by atoms with Crippen LogP contribution < -0.4 is 20.7 Å². The van der Waals surface area contributed by atoms with E-state index in [1.165, 1.54) is 19.3 Å². The first-order valence-electron chi connectivity index (χ1n) is 13.4. The van der Waals surface area contributed by atoms with Gasteiger partial charge in [0, 0.05) is 23.9 Å². The van der Waals surface area contributed by atoms with Crippen molar-refractivity contribution in [1.29, 1.82) is 0 Å². The van der Waals surface area contributed by atoms with Crippen LogP contribution in [-0.2, 0) is 6.54 Å². The summed E-state index contributed by atoms with van der Waals surface area (Å²) >= 11 is 0. The summed E-state index contributed by atoms with van der Waals surface area (Å²) in [5.74, 6) is 0.412. The molecule has 1 fully saturated rings. The molecule has 40 heavy (non-hydrogen) atoms. The van der Waals surface area contributed by atoms with Crippen LogP contribution in [0.4, 0.5) is 21.9 Å². The Hall–Kier alpha value is -4.64. The third-order valence-electron chi connectivity index (χ3n) is 6.97. The van der Waals surface area contributed by atoms with Crippen LogP contribution >= 0.6 is 0 Å². The quantitative estimate of drug-likeness (QED) is 0.280. The van der Waals surface area contributed by atoms with Crippen LogP contribution in [0.15, 0.2) is 67.1 Å². The summed E-state index contributed by atoms with van der Waals surface area (Å²) < 4.78 is 8.73. The highest BCUT2D eigenvalue weighted by molar-refractivity contribution is 6.04. The summed E-state index contributed by atoms with van der Waals surface area (Å²) in [6, 6.07) is 13.8. The second-order valence-corrected chi connectivity index (χ2v) is 9.76. The van der Waals surface area contributed by atoms with Crippen molar-refractivity contribution in [3.63, 3.8) is 0 Å². The van der Waals surface area contributed by atoms with Crippen molar-refractivity contribution in [2.45, 2.75) is 32.7 Å². The van der Waals surface area contributed by atoms with Crippen molar-refractivity contribution < 1.29 is 14.3 Å². The Labute approximate surface area is 233 Å². The Morgan fingerprint density at radius 3 is 2.52 bits per heavy atom. The van der Waals surface area contributed by atoms with Crippen LogP contribution in [0.5, 0.6) is 5.75 Å². The second kappa shape index (κ2) is 12.5. The SMILES string of the molecule is COc1cccc(NC(=O)Nc2cnn(-c3cccc(C(=O)Nc4cnn(CCN5CCCCC5)c4C)c3)c2)c1. The Morgan fingerprint density at radius 1 is 0.900 bits per heavy atom. The van der Waals surface area contributed by atoms with E-state index in [1.54, 1.807) is 72.8 Å². The monoisotopic (exact) mass is 542 g/mol. The minimum absolute atomic E-state index is 0.233. The molecule has 2 aromatic carbocycles. The molecule has 208 valence electrons. The Morgan fingerprint density at radius 2 is 1.70 bits per heavy atom. The number of methoxy groups -OCH3 is 1. The van der Waals surface area contributed by atoms with Gasteiger partial charge < -0.3 is 25.6 Å². The third-order valence-corrected chi connectivity index (χ3v) is 6.97. The maximum atomic E-state index is 13.1. The van der Waals surface area contributed by atoms with Crippen molar-refractivity contribution in [2.24, 2.45) is 0 Å². The molecule has 0 radical (unpaired) electrons. The average Bonchev–Trinajstić information content (AvgIpc) is 3.58. The molecule has 11 heteroatoms. The Bertz CT molecular complexity index is 1470. The van der Waals surface area contributed by atoms with Crippen LogP contribution in [0, 0.1) is 6.92 Å². The molecule has 1 aliphatic heterocycles. The van der Waals surface area contributed by atoms with E-state index < -0.39 is 6.03 Å². The number of piperidine rings is 1. The first-order valence-corrected chi connectivity index (χ1v) is 13.4. The zero-order valence-electron chi connectivity index (χ0n) is 22.8. The van der Waals surface area contributed by atoms with Crippen LogP contribution in [-0.4, -0.2) is 63.1 Å². The summed E-state index contributed by atoms with van der Waals surface area (Å²) in [7, 11) is 1.57. The molecule has 5 rings (SSSR count). The number of amides is 3. The highest BCUT2D eigenvalue weighted by Gasteiger charge is 2.15. The van der Waals surface area contributed by atoms with Crippen molar-refractivity contribution in [1.82, 2.24) is 24.5 Å². The topological polar surface area (TPSA) is 118 Å². The lowest BCUT2D eigenvalue weighted by Crippen LogP contribution is -2.32. The molecule has 1 aliphatic rings. The first-order chi connectivity index (χ1) is 19.5. The third kappa shape index (κ3) is 6.67. The predicted molar refractivity (Wildman–Crippen MR) is 154 cm³/mol. The Balaban J connectivity index is 1.19. The van der Waals surface area contributed by atoms with Gasteiger partial charge >= 0.3 is 6.03 Å². The normalized spacial score (nSPS) is 13.6. The smallest absolute Gasteiger partial charge is 0.323 e. The second-order valence-electron chi connectivity index (χ2n) is 9.76. The van der Waals surface area contributed by atoms with Gasteiger partial charge in [-0.3, -0.25) is 9.48 Å². The van der Waals surface area contributed by atoms with Gasteiger partial charge in [-0.05, 0) is 63.2 Å². The van der Waals surface area contributed by atoms with Crippen molar-refractivity contribution >= 4 is 29.0 Å². The summed E-state index contributed by atoms with van der Waals surface area (Å²) in [6.07, 6.45) is 8.76. The van der Waals surface area contributed by atoms with Crippen LogP contribution in [0.1, 0.15) is 35.3 Å². The average molecular weight is 543 g/mol. The summed E-state index contributed by atoms with van der Waals surface area (Å²) in [5.41, 5.74) is 3.90. The van der Waals surface area contributed by atoms with E-state index >= 15 is 0 Å². The van der Waals surface area contributed by atoms with Crippen molar-refractivity contribution in [3.8, 4) is 11.4 Å². The molecule has 3 amide bonds. The molecule has 2 aromatic heterocycles. The number of hydrogen-bond acceptors (Lipinski definition) is 6.